The molecule has 0 saturated carbocycles. The lowest BCUT2D eigenvalue weighted by molar-refractivity contribution is -0.109. The van der Waals surface area contributed by atoms with Gasteiger partial charge in [-0.25, -0.2) is 23.7 Å². The number of allylic oxidation sites excluding steroid dienone is 4. The number of aliphatic imine (C=N–C) groups is 1. The molecule has 9 nitrogen and oxygen atoms in total. The molecule has 1 aliphatic rings. The lowest BCUT2D eigenvalue weighted by Gasteiger charge is -2.34. The zero-order valence-corrected chi connectivity index (χ0v) is 24.0. The van der Waals surface area contributed by atoms with Gasteiger partial charge in [0.1, 0.15) is 29.5 Å². The monoisotopic (exact) mass is 565 g/mol. The second kappa shape index (κ2) is 14.9. The van der Waals surface area contributed by atoms with Crippen molar-refractivity contribution in [3.05, 3.63) is 71.5 Å². The molecule has 0 bridgehead atoms. The third-order valence-corrected chi connectivity index (χ3v) is 6.85. The minimum Gasteiger partial charge on any atom is -0.357 e. The zero-order valence-electron chi connectivity index (χ0n) is 24.0. The molecule has 2 aromatic heterocycles. The summed E-state index contributed by atoms with van der Waals surface area (Å²) in [6, 6.07) is 0.971. The van der Waals surface area contributed by atoms with Gasteiger partial charge in [0.2, 0.25) is 12.8 Å². The normalized spacial score (nSPS) is 14.0. The highest BCUT2D eigenvalue weighted by Gasteiger charge is 2.30. The fraction of sp³-hybridized carbons (Fsp3) is 0.400. The Labute approximate surface area is 239 Å². The van der Waals surface area contributed by atoms with Gasteiger partial charge in [-0.3, -0.25) is 19.5 Å². The predicted molar refractivity (Wildman–Crippen MR) is 157 cm³/mol. The number of amidine groups is 1. The Kier molecular flexibility index (Phi) is 11.4. The molecule has 0 aromatic carbocycles. The maximum absolute atomic E-state index is 15.9. The number of aryl methyl sites for hydroxylation is 2. The van der Waals surface area contributed by atoms with E-state index in [1.807, 2.05) is 25.7 Å². The van der Waals surface area contributed by atoms with Crippen LogP contribution in [0, 0.1) is 5.82 Å². The Morgan fingerprint density at radius 2 is 1.85 bits per heavy atom. The first-order valence-corrected chi connectivity index (χ1v) is 13.7. The fourth-order valence-corrected chi connectivity index (χ4v) is 4.83. The third-order valence-electron chi connectivity index (χ3n) is 6.85. The van der Waals surface area contributed by atoms with Crippen LogP contribution < -0.4 is 10.2 Å². The number of carbonyl (C=O) groups is 2. The molecule has 1 aliphatic carbocycles. The first kappa shape index (κ1) is 31.3. The molecule has 0 saturated heterocycles. The topological polar surface area (TPSA) is 104 Å². The molecule has 0 radical (unpaired) electrons. The molecule has 218 valence electrons. The number of hydrogen-bond donors (Lipinski definition) is 1. The minimum absolute atomic E-state index is 0.0326. The van der Waals surface area contributed by atoms with Crippen LogP contribution in [-0.4, -0.2) is 64.7 Å². The summed E-state index contributed by atoms with van der Waals surface area (Å²) in [7, 11) is 1.56. The van der Waals surface area contributed by atoms with E-state index >= 15 is 4.39 Å². The van der Waals surface area contributed by atoms with Gasteiger partial charge in [-0.05, 0) is 51.2 Å². The van der Waals surface area contributed by atoms with Crippen LogP contribution in [0.15, 0.2) is 48.0 Å². The first-order chi connectivity index (χ1) is 19.9. The molecule has 1 unspecified atom stereocenters. The molecule has 2 aromatic rings. The Morgan fingerprint density at radius 1 is 1.17 bits per heavy atom. The van der Waals surface area contributed by atoms with E-state index in [1.165, 1.54) is 23.4 Å². The molecular weight excluding hydrogens is 528 g/mol. The number of aromatic nitrogens is 3. The number of anilines is 2. The van der Waals surface area contributed by atoms with Crippen LogP contribution in [0.5, 0.6) is 0 Å². The van der Waals surface area contributed by atoms with E-state index in [-0.39, 0.29) is 35.2 Å². The van der Waals surface area contributed by atoms with Gasteiger partial charge in [0.15, 0.2) is 5.82 Å². The molecule has 1 N–H and O–H groups in total. The highest BCUT2D eigenvalue weighted by atomic mass is 19.1. The highest BCUT2D eigenvalue weighted by Crippen LogP contribution is 2.36. The Balaban J connectivity index is 2.36. The van der Waals surface area contributed by atoms with E-state index in [0.29, 0.717) is 74.4 Å². The van der Waals surface area contributed by atoms with Crippen molar-refractivity contribution in [1.82, 2.24) is 25.2 Å². The van der Waals surface area contributed by atoms with Gasteiger partial charge in [0.25, 0.3) is 0 Å². The van der Waals surface area contributed by atoms with Gasteiger partial charge in [-0.1, -0.05) is 26.0 Å². The lowest BCUT2D eigenvalue weighted by atomic mass is 10.0. The SMILES string of the molecule is C=CCCN(/C(=N/C)c1cc(F)c(C2=CCCC=C2F)nc1N(C=O)c1c(CC)ncnc1CC)C(C)CNC=O. The predicted octanol–water partition coefficient (Wildman–Crippen LogP) is 4.85. The number of carbonyl (C=O) groups excluding carboxylic acids is 2. The summed E-state index contributed by atoms with van der Waals surface area (Å²) in [6.45, 7) is 10.2. The van der Waals surface area contributed by atoms with Crippen LogP contribution in [-0.2, 0) is 22.4 Å². The van der Waals surface area contributed by atoms with Crippen molar-refractivity contribution in [3.8, 4) is 0 Å². The molecule has 41 heavy (non-hydrogen) atoms. The smallest absolute Gasteiger partial charge is 0.220 e. The largest absolute Gasteiger partial charge is 0.357 e. The van der Waals surface area contributed by atoms with Crippen molar-refractivity contribution in [3.63, 3.8) is 0 Å². The second-order valence-corrected chi connectivity index (χ2v) is 9.43. The van der Waals surface area contributed by atoms with Crippen LogP contribution in [0.3, 0.4) is 0 Å². The molecule has 1 atom stereocenters. The number of nitrogens with zero attached hydrogens (tertiary/aromatic N) is 6. The number of pyridine rings is 1. The molecule has 0 aliphatic heterocycles. The number of hydrogen-bond acceptors (Lipinski definition) is 6. The molecular formula is C30H37F2N7O2. The van der Waals surface area contributed by atoms with E-state index in [0.717, 1.165) is 0 Å². The summed E-state index contributed by atoms with van der Waals surface area (Å²) in [5, 5.41) is 2.68. The second-order valence-electron chi connectivity index (χ2n) is 9.43. The zero-order chi connectivity index (χ0) is 29.9. The molecule has 3 rings (SSSR count). The number of nitrogens with one attached hydrogen (secondary N) is 1. The van der Waals surface area contributed by atoms with Crippen molar-refractivity contribution in [2.24, 2.45) is 4.99 Å². The lowest BCUT2D eigenvalue weighted by Crippen LogP contribution is -2.45. The van der Waals surface area contributed by atoms with E-state index in [2.05, 4.69) is 31.8 Å². The number of halogens is 2. The van der Waals surface area contributed by atoms with Crippen LogP contribution in [0.25, 0.3) is 5.57 Å². The van der Waals surface area contributed by atoms with E-state index in [4.69, 9.17) is 0 Å². The molecule has 11 heteroatoms. The average Bonchev–Trinajstić information content (AvgIpc) is 2.99. The average molecular weight is 566 g/mol. The van der Waals surface area contributed by atoms with E-state index in [9.17, 15) is 14.0 Å². The van der Waals surface area contributed by atoms with Gasteiger partial charge in [0, 0.05) is 31.8 Å². The van der Waals surface area contributed by atoms with Crippen molar-refractivity contribution < 1.29 is 18.4 Å². The van der Waals surface area contributed by atoms with Gasteiger partial charge in [0.05, 0.1) is 22.6 Å². The van der Waals surface area contributed by atoms with E-state index in [1.54, 1.807) is 19.2 Å². The van der Waals surface area contributed by atoms with Gasteiger partial charge in [-0.15, -0.1) is 6.58 Å². The summed E-state index contributed by atoms with van der Waals surface area (Å²) in [6.07, 6.45) is 9.98. The van der Waals surface area contributed by atoms with E-state index < -0.39 is 11.6 Å². The minimum atomic E-state index is -0.759. The maximum Gasteiger partial charge on any atom is 0.220 e. The van der Waals surface area contributed by atoms with Crippen molar-refractivity contribution in [1.29, 1.82) is 0 Å². The van der Waals surface area contributed by atoms with Crippen LogP contribution >= 0.6 is 0 Å². The first-order valence-electron chi connectivity index (χ1n) is 13.7. The highest BCUT2D eigenvalue weighted by molar-refractivity contribution is 6.06. The standard InChI is InChI=1S/C30H37F2N7O2/c1-6-9-14-38(20(4)16-34-18-40)29(33-5)22-15-24(32)27(21-12-10-11-13-23(21)31)37-30(22)39(19-41)28-25(7-2)35-17-36-26(28)8-3/h6,12-13,15,17-20H,1,7-11,14,16H2,2-5H3,(H,34,40)/b33-29+. The van der Waals surface area contributed by atoms with Gasteiger partial charge < -0.3 is 10.2 Å². The third kappa shape index (κ3) is 6.90. The molecule has 2 amide bonds. The summed E-state index contributed by atoms with van der Waals surface area (Å²) in [4.78, 5) is 45.0. The van der Waals surface area contributed by atoms with Crippen molar-refractivity contribution in [2.75, 3.05) is 25.0 Å². The van der Waals surface area contributed by atoms with Crippen LogP contribution in [0.1, 0.15) is 62.7 Å². The van der Waals surface area contributed by atoms with Gasteiger partial charge in [-0.2, -0.15) is 0 Å². The summed E-state index contributed by atoms with van der Waals surface area (Å²) < 4.78 is 30.8. The number of rotatable bonds is 14. The Bertz CT molecular complexity index is 1330. The quantitative estimate of drug-likeness (QED) is 0.152. The number of amides is 2. The summed E-state index contributed by atoms with van der Waals surface area (Å²) in [5.74, 6) is -0.926. The van der Waals surface area contributed by atoms with Crippen molar-refractivity contribution >= 4 is 35.7 Å². The molecule has 2 heterocycles. The molecule has 0 fully saturated rings. The van der Waals surface area contributed by atoms with Crippen LogP contribution in [0.4, 0.5) is 20.3 Å². The molecule has 0 spiro atoms. The Hall–Kier alpha value is -4.28. The fourth-order valence-electron chi connectivity index (χ4n) is 4.83. The van der Waals surface area contributed by atoms with Crippen molar-refractivity contribution in [2.45, 2.75) is 58.9 Å². The maximum atomic E-state index is 15.9. The van der Waals surface area contributed by atoms with Gasteiger partial charge >= 0.3 is 0 Å². The summed E-state index contributed by atoms with van der Waals surface area (Å²) in [5.41, 5.74) is 1.69. The summed E-state index contributed by atoms with van der Waals surface area (Å²) >= 11 is 0. The Morgan fingerprint density at radius 3 is 2.41 bits per heavy atom. The van der Waals surface area contributed by atoms with Crippen LogP contribution in [0.2, 0.25) is 0 Å².